The molecule has 0 spiro atoms. The predicted octanol–water partition coefficient (Wildman–Crippen LogP) is 5.45. The summed E-state index contributed by atoms with van der Waals surface area (Å²) >= 11 is 0. The molecule has 1 aliphatic heterocycles. The van der Waals surface area contributed by atoms with Crippen molar-refractivity contribution in [2.75, 3.05) is 13.2 Å². The van der Waals surface area contributed by atoms with Crippen LogP contribution in [0.1, 0.15) is 62.5 Å². The Morgan fingerprint density at radius 1 is 1.00 bits per heavy atom. The molecule has 2 nitrogen and oxygen atoms in total. The van der Waals surface area contributed by atoms with Crippen LogP contribution in [0.25, 0.3) is 0 Å². The van der Waals surface area contributed by atoms with Crippen LogP contribution >= 0.6 is 0 Å². The highest BCUT2D eigenvalue weighted by molar-refractivity contribution is 5.22. The topological polar surface area (TPSA) is 18.5 Å². The molecule has 1 aliphatic rings. The van der Waals surface area contributed by atoms with Crippen molar-refractivity contribution in [1.29, 1.82) is 0 Å². The largest absolute Gasteiger partial charge is 0.353 e. The van der Waals surface area contributed by atoms with Crippen molar-refractivity contribution in [2.45, 2.75) is 70.5 Å². The number of hydrogen-bond donors (Lipinski definition) is 0. The van der Waals surface area contributed by atoms with E-state index in [0.717, 1.165) is 38.9 Å². The van der Waals surface area contributed by atoms with Gasteiger partial charge in [0, 0.05) is 13.2 Å². The molecular weight excluding hydrogens is 284 g/mol. The lowest BCUT2D eigenvalue weighted by Gasteiger charge is -2.22. The summed E-state index contributed by atoms with van der Waals surface area (Å²) in [5, 5.41) is 0. The van der Waals surface area contributed by atoms with Crippen LogP contribution in [-0.4, -0.2) is 19.5 Å². The highest BCUT2D eigenvalue weighted by atomic mass is 16.7. The number of benzene rings is 1. The SMILES string of the molecule is C=CCCc1ccc(CCCCCCOC2CCCCO2)cc1. The summed E-state index contributed by atoms with van der Waals surface area (Å²) in [6.07, 6.45) is 13.9. The first-order chi connectivity index (χ1) is 11.4. The van der Waals surface area contributed by atoms with E-state index in [9.17, 15) is 0 Å². The summed E-state index contributed by atoms with van der Waals surface area (Å²) in [6, 6.07) is 9.08. The molecule has 1 aromatic rings. The fourth-order valence-electron chi connectivity index (χ4n) is 2.98. The molecule has 0 amide bonds. The Morgan fingerprint density at radius 3 is 2.43 bits per heavy atom. The quantitative estimate of drug-likeness (QED) is 0.399. The van der Waals surface area contributed by atoms with Crippen LogP contribution in [0.5, 0.6) is 0 Å². The molecule has 2 rings (SSSR count). The zero-order chi connectivity index (χ0) is 16.2. The van der Waals surface area contributed by atoms with E-state index >= 15 is 0 Å². The lowest BCUT2D eigenvalue weighted by Crippen LogP contribution is -2.22. The first-order valence-electron chi connectivity index (χ1n) is 9.30. The Balaban J connectivity index is 1.47. The number of ether oxygens (including phenoxy) is 2. The predicted molar refractivity (Wildman–Crippen MR) is 96.7 cm³/mol. The molecule has 128 valence electrons. The molecule has 1 fully saturated rings. The third-order valence-electron chi connectivity index (χ3n) is 4.46. The van der Waals surface area contributed by atoms with Crippen molar-refractivity contribution >= 4 is 0 Å². The molecule has 23 heavy (non-hydrogen) atoms. The van der Waals surface area contributed by atoms with Crippen LogP contribution in [0.3, 0.4) is 0 Å². The molecule has 1 saturated heterocycles. The van der Waals surface area contributed by atoms with Crippen LogP contribution < -0.4 is 0 Å². The third-order valence-corrected chi connectivity index (χ3v) is 4.46. The number of rotatable bonds is 11. The van der Waals surface area contributed by atoms with Gasteiger partial charge in [-0.1, -0.05) is 43.2 Å². The van der Waals surface area contributed by atoms with E-state index in [1.807, 2.05) is 6.08 Å². The van der Waals surface area contributed by atoms with Gasteiger partial charge in [0.05, 0.1) is 0 Å². The van der Waals surface area contributed by atoms with E-state index in [-0.39, 0.29) is 6.29 Å². The van der Waals surface area contributed by atoms with E-state index in [2.05, 4.69) is 30.8 Å². The average Bonchev–Trinajstić information content (AvgIpc) is 2.61. The van der Waals surface area contributed by atoms with Crippen molar-refractivity contribution in [3.05, 3.63) is 48.0 Å². The molecule has 0 aliphatic carbocycles. The maximum absolute atomic E-state index is 5.76. The van der Waals surface area contributed by atoms with Crippen LogP contribution in [0.15, 0.2) is 36.9 Å². The van der Waals surface area contributed by atoms with Crippen molar-refractivity contribution in [3.63, 3.8) is 0 Å². The molecule has 0 N–H and O–H groups in total. The standard InChI is InChI=1S/C21H32O2/c1-2-3-10-19-13-15-20(16-14-19)11-6-4-5-8-17-22-21-12-7-9-18-23-21/h2,13-16,21H,1,3-12,17-18H2. The second-order valence-electron chi connectivity index (χ2n) is 6.47. The van der Waals surface area contributed by atoms with E-state index < -0.39 is 0 Å². The summed E-state index contributed by atoms with van der Waals surface area (Å²) in [6.45, 7) is 5.50. The molecule has 1 atom stereocenters. The van der Waals surface area contributed by atoms with Gasteiger partial charge in [0.2, 0.25) is 0 Å². The van der Waals surface area contributed by atoms with Gasteiger partial charge in [-0.25, -0.2) is 0 Å². The monoisotopic (exact) mass is 316 g/mol. The van der Waals surface area contributed by atoms with Gasteiger partial charge in [-0.15, -0.1) is 6.58 Å². The van der Waals surface area contributed by atoms with E-state index in [1.165, 1.54) is 49.7 Å². The number of hydrogen-bond acceptors (Lipinski definition) is 2. The van der Waals surface area contributed by atoms with Crippen LogP contribution in [0.2, 0.25) is 0 Å². The molecule has 2 heteroatoms. The normalized spacial score (nSPS) is 18.0. The van der Waals surface area contributed by atoms with Crippen LogP contribution in [0, 0.1) is 0 Å². The van der Waals surface area contributed by atoms with Crippen LogP contribution in [-0.2, 0) is 22.3 Å². The van der Waals surface area contributed by atoms with Gasteiger partial charge in [0.15, 0.2) is 6.29 Å². The minimum Gasteiger partial charge on any atom is -0.353 e. The molecule has 1 heterocycles. The first-order valence-corrected chi connectivity index (χ1v) is 9.30. The second-order valence-corrected chi connectivity index (χ2v) is 6.47. The van der Waals surface area contributed by atoms with Gasteiger partial charge in [-0.3, -0.25) is 0 Å². The molecule has 1 unspecified atom stereocenters. The second kappa shape index (κ2) is 11.4. The molecule has 0 saturated carbocycles. The molecule has 0 aromatic heterocycles. The van der Waals surface area contributed by atoms with Gasteiger partial charge < -0.3 is 9.47 Å². The maximum atomic E-state index is 5.76. The summed E-state index contributed by atoms with van der Waals surface area (Å²) in [4.78, 5) is 0. The minimum atomic E-state index is 0.0726. The van der Waals surface area contributed by atoms with E-state index in [4.69, 9.17) is 9.47 Å². The average molecular weight is 316 g/mol. The molecule has 1 aromatic carbocycles. The Labute approximate surface area is 141 Å². The Hall–Kier alpha value is -1.12. The summed E-state index contributed by atoms with van der Waals surface area (Å²) in [5.41, 5.74) is 2.87. The highest BCUT2D eigenvalue weighted by Crippen LogP contribution is 2.15. The molecular formula is C21H32O2. The van der Waals surface area contributed by atoms with E-state index in [0.29, 0.717) is 0 Å². The van der Waals surface area contributed by atoms with Crippen molar-refractivity contribution < 1.29 is 9.47 Å². The zero-order valence-corrected chi connectivity index (χ0v) is 14.5. The van der Waals surface area contributed by atoms with Crippen molar-refractivity contribution in [2.24, 2.45) is 0 Å². The smallest absolute Gasteiger partial charge is 0.157 e. The fraction of sp³-hybridized carbons (Fsp3) is 0.619. The van der Waals surface area contributed by atoms with E-state index in [1.54, 1.807) is 0 Å². The van der Waals surface area contributed by atoms with Gasteiger partial charge >= 0.3 is 0 Å². The number of unbranched alkanes of at least 4 members (excludes halogenated alkanes) is 3. The Bertz CT molecular complexity index is 418. The zero-order valence-electron chi connectivity index (χ0n) is 14.5. The number of aryl methyl sites for hydroxylation is 2. The van der Waals surface area contributed by atoms with Crippen molar-refractivity contribution in [3.8, 4) is 0 Å². The van der Waals surface area contributed by atoms with Gasteiger partial charge in [0.25, 0.3) is 0 Å². The lowest BCUT2D eigenvalue weighted by atomic mass is 10.0. The number of allylic oxidation sites excluding steroid dienone is 1. The fourth-order valence-corrected chi connectivity index (χ4v) is 2.98. The minimum absolute atomic E-state index is 0.0726. The summed E-state index contributed by atoms with van der Waals surface area (Å²) < 4.78 is 11.3. The highest BCUT2D eigenvalue weighted by Gasteiger charge is 2.13. The van der Waals surface area contributed by atoms with Gasteiger partial charge in [-0.2, -0.15) is 0 Å². The Morgan fingerprint density at radius 2 is 1.74 bits per heavy atom. The van der Waals surface area contributed by atoms with Gasteiger partial charge in [-0.05, 0) is 62.5 Å². The Kier molecular flexibility index (Phi) is 9.05. The maximum Gasteiger partial charge on any atom is 0.157 e. The lowest BCUT2D eigenvalue weighted by molar-refractivity contribution is -0.162. The summed E-state index contributed by atoms with van der Waals surface area (Å²) in [7, 11) is 0. The molecule has 0 radical (unpaired) electrons. The third kappa shape index (κ3) is 7.81. The summed E-state index contributed by atoms with van der Waals surface area (Å²) in [5.74, 6) is 0. The van der Waals surface area contributed by atoms with Gasteiger partial charge in [0.1, 0.15) is 0 Å². The molecule has 0 bridgehead atoms. The van der Waals surface area contributed by atoms with Crippen LogP contribution in [0.4, 0.5) is 0 Å². The first kappa shape index (κ1) is 18.2. The van der Waals surface area contributed by atoms with Crippen molar-refractivity contribution in [1.82, 2.24) is 0 Å².